The van der Waals surface area contributed by atoms with Crippen molar-refractivity contribution >= 4 is 5.91 Å². The molecule has 0 bridgehead atoms. The number of carbonyl (C=O) groups excluding carboxylic acids is 1. The molecule has 17 heavy (non-hydrogen) atoms. The van der Waals surface area contributed by atoms with Crippen molar-refractivity contribution in [1.82, 2.24) is 15.5 Å². The van der Waals surface area contributed by atoms with Gasteiger partial charge in [0, 0.05) is 26.1 Å². The summed E-state index contributed by atoms with van der Waals surface area (Å²) in [7, 11) is 1.72. The minimum atomic E-state index is 0.168. The molecule has 0 aromatic heterocycles. The van der Waals surface area contributed by atoms with E-state index >= 15 is 0 Å². The molecule has 1 unspecified atom stereocenters. The molecule has 2 saturated heterocycles. The quantitative estimate of drug-likeness (QED) is 0.754. The Balaban J connectivity index is 1.81. The van der Waals surface area contributed by atoms with Crippen LogP contribution in [0.15, 0.2) is 0 Å². The second-order valence-electron chi connectivity index (χ2n) is 5.26. The van der Waals surface area contributed by atoms with E-state index in [-0.39, 0.29) is 5.91 Å². The third kappa shape index (κ3) is 3.42. The fraction of sp³-hybridized carbons (Fsp3) is 0.923. The van der Waals surface area contributed by atoms with Gasteiger partial charge in [-0.2, -0.15) is 0 Å². The number of hydrogen-bond donors (Lipinski definition) is 2. The zero-order valence-corrected chi connectivity index (χ0v) is 10.9. The Morgan fingerprint density at radius 1 is 1.35 bits per heavy atom. The molecule has 0 saturated carbocycles. The van der Waals surface area contributed by atoms with Gasteiger partial charge in [-0.3, -0.25) is 9.69 Å². The number of hydrogen-bond acceptors (Lipinski definition) is 3. The lowest BCUT2D eigenvalue weighted by atomic mass is 9.88. The SMILES string of the molecule is CNC(=O)CCN1CCCC1C1CCNCC1. The minimum Gasteiger partial charge on any atom is -0.359 e. The highest BCUT2D eigenvalue weighted by Gasteiger charge is 2.32. The first-order chi connectivity index (χ1) is 8.31. The van der Waals surface area contributed by atoms with Crippen LogP contribution in [-0.4, -0.2) is 50.1 Å². The summed E-state index contributed by atoms with van der Waals surface area (Å²) in [6.07, 6.45) is 5.90. The molecule has 2 aliphatic rings. The van der Waals surface area contributed by atoms with E-state index in [1.807, 2.05) is 0 Å². The summed E-state index contributed by atoms with van der Waals surface area (Å²) in [4.78, 5) is 13.9. The highest BCUT2D eigenvalue weighted by molar-refractivity contribution is 5.75. The van der Waals surface area contributed by atoms with Gasteiger partial charge in [0.25, 0.3) is 0 Å². The van der Waals surface area contributed by atoms with Crippen LogP contribution in [0.5, 0.6) is 0 Å². The molecule has 2 rings (SSSR count). The standard InChI is InChI=1S/C13H25N3O/c1-14-13(17)6-10-16-9-2-3-12(16)11-4-7-15-8-5-11/h11-12,15H,2-10H2,1H3,(H,14,17). The lowest BCUT2D eigenvalue weighted by Gasteiger charge is -2.34. The summed E-state index contributed by atoms with van der Waals surface area (Å²) in [5.41, 5.74) is 0. The van der Waals surface area contributed by atoms with Crippen molar-refractivity contribution in [3.63, 3.8) is 0 Å². The van der Waals surface area contributed by atoms with E-state index in [1.54, 1.807) is 7.05 Å². The molecule has 4 nitrogen and oxygen atoms in total. The maximum atomic E-state index is 11.3. The molecule has 98 valence electrons. The van der Waals surface area contributed by atoms with Gasteiger partial charge in [0.15, 0.2) is 0 Å². The highest BCUT2D eigenvalue weighted by Crippen LogP contribution is 2.29. The summed E-state index contributed by atoms with van der Waals surface area (Å²) >= 11 is 0. The van der Waals surface area contributed by atoms with Crippen LogP contribution in [0.1, 0.15) is 32.1 Å². The van der Waals surface area contributed by atoms with E-state index in [9.17, 15) is 4.79 Å². The Bertz CT molecular complexity index is 251. The molecule has 1 atom stereocenters. The van der Waals surface area contributed by atoms with Crippen molar-refractivity contribution in [3.8, 4) is 0 Å². The van der Waals surface area contributed by atoms with Gasteiger partial charge < -0.3 is 10.6 Å². The van der Waals surface area contributed by atoms with Gasteiger partial charge in [0.1, 0.15) is 0 Å². The van der Waals surface area contributed by atoms with Crippen LogP contribution in [0.3, 0.4) is 0 Å². The number of nitrogens with zero attached hydrogens (tertiary/aromatic N) is 1. The average molecular weight is 239 g/mol. The molecule has 1 amide bonds. The van der Waals surface area contributed by atoms with E-state index in [0.717, 1.165) is 18.5 Å². The van der Waals surface area contributed by atoms with Crippen LogP contribution in [0, 0.1) is 5.92 Å². The van der Waals surface area contributed by atoms with Gasteiger partial charge in [-0.1, -0.05) is 0 Å². The van der Waals surface area contributed by atoms with Crippen molar-refractivity contribution in [2.45, 2.75) is 38.1 Å². The van der Waals surface area contributed by atoms with Gasteiger partial charge >= 0.3 is 0 Å². The molecule has 2 aliphatic heterocycles. The first kappa shape index (κ1) is 12.8. The maximum absolute atomic E-state index is 11.3. The van der Waals surface area contributed by atoms with Crippen molar-refractivity contribution < 1.29 is 4.79 Å². The van der Waals surface area contributed by atoms with Crippen molar-refractivity contribution in [3.05, 3.63) is 0 Å². The van der Waals surface area contributed by atoms with Crippen LogP contribution in [-0.2, 0) is 4.79 Å². The van der Waals surface area contributed by atoms with Crippen molar-refractivity contribution in [2.24, 2.45) is 5.92 Å². The minimum absolute atomic E-state index is 0.168. The fourth-order valence-electron chi connectivity index (χ4n) is 3.26. The van der Waals surface area contributed by atoms with E-state index in [4.69, 9.17) is 0 Å². The zero-order valence-electron chi connectivity index (χ0n) is 10.9. The topological polar surface area (TPSA) is 44.4 Å². The van der Waals surface area contributed by atoms with Crippen LogP contribution in [0.25, 0.3) is 0 Å². The van der Waals surface area contributed by atoms with Crippen LogP contribution < -0.4 is 10.6 Å². The maximum Gasteiger partial charge on any atom is 0.221 e. The Morgan fingerprint density at radius 3 is 2.82 bits per heavy atom. The van der Waals surface area contributed by atoms with E-state index in [2.05, 4.69) is 15.5 Å². The van der Waals surface area contributed by atoms with Gasteiger partial charge in [-0.15, -0.1) is 0 Å². The summed E-state index contributed by atoms with van der Waals surface area (Å²) in [6.45, 7) is 4.47. The first-order valence-electron chi connectivity index (χ1n) is 6.96. The number of carbonyl (C=O) groups is 1. The van der Waals surface area contributed by atoms with Gasteiger partial charge in [0.05, 0.1) is 0 Å². The predicted octanol–water partition coefficient (Wildman–Crippen LogP) is 0.587. The molecular formula is C13H25N3O. The molecule has 2 fully saturated rings. The van der Waals surface area contributed by atoms with Gasteiger partial charge in [-0.25, -0.2) is 0 Å². The van der Waals surface area contributed by atoms with Crippen LogP contribution in [0.2, 0.25) is 0 Å². The number of rotatable bonds is 4. The third-order valence-corrected chi connectivity index (χ3v) is 4.25. The Hall–Kier alpha value is -0.610. The normalized spacial score (nSPS) is 27.2. The number of likely N-dealkylation sites (tertiary alicyclic amines) is 1. The summed E-state index contributed by atoms with van der Waals surface area (Å²) < 4.78 is 0. The first-order valence-corrected chi connectivity index (χ1v) is 6.96. The molecular weight excluding hydrogens is 214 g/mol. The Labute approximate surface area is 104 Å². The van der Waals surface area contributed by atoms with Crippen molar-refractivity contribution in [1.29, 1.82) is 0 Å². The predicted molar refractivity (Wildman–Crippen MR) is 68.9 cm³/mol. The molecule has 0 spiro atoms. The highest BCUT2D eigenvalue weighted by atomic mass is 16.1. The van der Waals surface area contributed by atoms with Gasteiger partial charge in [-0.05, 0) is 51.2 Å². The van der Waals surface area contributed by atoms with Gasteiger partial charge in [0.2, 0.25) is 5.91 Å². The molecule has 0 aliphatic carbocycles. The number of piperidine rings is 1. The van der Waals surface area contributed by atoms with Crippen LogP contribution >= 0.6 is 0 Å². The molecule has 2 N–H and O–H groups in total. The summed E-state index contributed by atoms with van der Waals surface area (Å²) in [6, 6.07) is 0.738. The smallest absolute Gasteiger partial charge is 0.221 e. The molecule has 0 radical (unpaired) electrons. The lowest BCUT2D eigenvalue weighted by Crippen LogP contribution is -2.42. The molecule has 0 aromatic rings. The monoisotopic (exact) mass is 239 g/mol. The summed E-state index contributed by atoms with van der Waals surface area (Å²) in [5.74, 6) is 1.02. The summed E-state index contributed by atoms with van der Waals surface area (Å²) in [5, 5.41) is 6.14. The second kappa shape index (κ2) is 6.36. The third-order valence-electron chi connectivity index (χ3n) is 4.25. The molecule has 2 heterocycles. The molecule has 0 aromatic carbocycles. The number of amides is 1. The second-order valence-corrected chi connectivity index (χ2v) is 5.26. The average Bonchev–Trinajstić information content (AvgIpc) is 2.85. The Kier molecular flexibility index (Phi) is 4.80. The Morgan fingerprint density at radius 2 is 2.12 bits per heavy atom. The zero-order chi connectivity index (χ0) is 12.1. The lowest BCUT2D eigenvalue weighted by molar-refractivity contribution is -0.121. The van der Waals surface area contributed by atoms with Crippen LogP contribution in [0.4, 0.5) is 0 Å². The van der Waals surface area contributed by atoms with Crippen molar-refractivity contribution in [2.75, 3.05) is 33.2 Å². The fourth-order valence-corrected chi connectivity index (χ4v) is 3.26. The largest absolute Gasteiger partial charge is 0.359 e. The number of nitrogens with one attached hydrogen (secondary N) is 2. The van der Waals surface area contributed by atoms with E-state index in [1.165, 1.54) is 45.3 Å². The molecule has 4 heteroatoms. The van der Waals surface area contributed by atoms with E-state index < -0.39 is 0 Å². The van der Waals surface area contributed by atoms with E-state index in [0.29, 0.717) is 6.42 Å².